The molecule has 0 unspecified atom stereocenters. The Morgan fingerprint density at radius 1 is 1.44 bits per heavy atom. The van der Waals surface area contributed by atoms with Gasteiger partial charge in [-0.25, -0.2) is 9.97 Å². The van der Waals surface area contributed by atoms with Crippen LogP contribution in [-0.4, -0.2) is 21.0 Å². The molecule has 0 amide bonds. The number of rotatable bonds is 2. The lowest BCUT2D eigenvalue weighted by Gasteiger charge is -2.04. The van der Waals surface area contributed by atoms with Crippen LogP contribution in [0.2, 0.25) is 0 Å². The SMILES string of the molecule is Nc1nc(CC(=O)O)c2ccc(Br)cc2n1. The number of carbonyl (C=O) groups is 1. The van der Waals surface area contributed by atoms with Crippen LogP contribution in [0.15, 0.2) is 22.7 Å². The summed E-state index contributed by atoms with van der Waals surface area (Å²) in [5, 5.41) is 9.47. The van der Waals surface area contributed by atoms with Crippen molar-refractivity contribution in [2.75, 3.05) is 5.73 Å². The van der Waals surface area contributed by atoms with Gasteiger partial charge in [0, 0.05) is 9.86 Å². The average molecular weight is 282 g/mol. The van der Waals surface area contributed by atoms with Gasteiger partial charge in [-0.3, -0.25) is 4.79 Å². The molecule has 6 heteroatoms. The van der Waals surface area contributed by atoms with Crippen LogP contribution in [-0.2, 0) is 11.2 Å². The number of fused-ring (bicyclic) bond motifs is 1. The molecule has 0 radical (unpaired) electrons. The second kappa shape index (κ2) is 4.05. The van der Waals surface area contributed by atoms with Crippen molar-refractivity contribution in [2.45, 2.75) is 6.42 Å². The summed E-state index contributed by atoms with van der Waals surface area (Å²) in [6, 6.07) is 5.36. The fourth-order valence-corrected chi connectivity index (χ4v) is 1.82. The zero-order valence-corrected chi connectivity index (χ0v) is 9.73. The largest absolute Gasteiger partial charge is 0.481 e. The second-order valence-electron chi connectivity index (χ2n) is 3.26. The van der Waals surface area contributed by atoms with Crippen LogP contribution >= 0.6 is 15.9 Å². The molecule has 2 aromatic rings. The molecule has 0 fully saturated rings. The van der Waals surface area contributed by atoms with Gasteiger partial charge in [-0.15, -0.1) is 0 Å². The number of carboxylic acids is 1. The van der Waals surface area contributed by atoms with Gasteiger partial charge in [0.1, 0.15) is 0 Å². The van der Waals surface area contributed by atoms with E-state index in [1.54, 1.807) is 12.1 Å². The van der Waals surface area contributed by atoms with Gasteiger partial charge < -0.3 is 10.8 Å². The molecule has 0 aliphatic heterocycles. The first-order chi connectivity index (χ1) is 7.56. The van der Waals surface area contributed by atoms with Gasteiger partial charge in [0.25, 0.3) is 0 Å². The van der Waals surface area contributed by atoms with Gasteiger partial charge in [0.2, 0.25) is 5.95 Å². The van der Waals surface area contributed by atoms with E-state index in [1.807, 2.05) is 6.07 Å². The molecule has 0 atom stereocenters. The lowest BCUT2D eigenvalue weighted by molar-refractivity contribution is -0.136. The van der Waals surface area contributed by atoms with Crippen molar-refractivity contribution in [1.29, 1.82) is 0 Å². The predicted octanol–water partition coefficient (Wildman–Crippen LogP) is 1.60. The van der Waals surface area contributed by atoms with Crippen molar-refractivity contribution in [3.8, 4) is 0 Å². The number of nitrogen functional groups attached to an aromatic ring is 1. The van der Waals surface area contributed by atoms with Crippen molar-refractivity contribution in [2.24, 2.45) is 0 Å². The maximum atomic E-state index is 10.7. The Morgan fingerprint density at radius 2 is 2.19 bits per heavy atom. The molecule has 0 aliphatic carbocycles. The number of anilines is 1. The standard InChI is InChI=1S/C10H8BrN3O2/c11-5-1-2-6-7(3-5)13-10(12)14-8(6)4-9(15)16/h1-3H,4H2,(H,15,16)(H2,12,13,14). The first kappa shape index (κ1) is 10.8. The highest BCUT2D eigenvalue weighted by atomic mass is 79.9. The smallest absolute Gasteiger partial charge is 0.309 e. The minimum atomic E-state index is -0.942. The summed E-state index contributed by atoms with van der Waals surface area (Å²) in [5.41, 5.74) is 6.59. The van der Waals surface area contributed by atoms with E-state index in [1.165, 1.54) is 0 Å². The van der Waals surface area contributed by atoms with E-state index < -0.39 is 5.97 Å². The van der Waals surface area contributed by atoms with Crippen LogP contribution in [0.5, 0.6) is 0 Å². The molecule has 1 heterocycles. The van der Waals surface area contributed by atoms with Crippen LogP contribution in [0.1, 0.15) is 5.69 Å². The Labute approximate surface area is 99.4 Å². The van der Waals surface area contributed by atoms with Crippen molar-refractivity contribution in [1.82, 2.24) is 9.97 Å². The van der Waals surface area contributed by atoms with Crippen LogP contribution in [0.4, 0.5) is 5.95 Å². The summed E-state index contributed by atoms with van der Waals surface area (Å²) < 4.78 is 0.861. The average Bonchev–Trinajstić information content (AvgIpc) is 2.15. The number of halogens is 1. The molecular formula is C10H8BrN3O2. The number of aliphatic carboxylic acids is 1. The monoisotopic (exact) mass is 281 g/mol. The van der Waals surface area contributed by atoms with Crippen LogP contribution in [0, 0.1) is 0 Å². The number of benzene rings is 1. The highest BCUT2D eigenvalue weighted by Gasteiger charge is 2.09. The number of nitrogens with two attached hydrogens (primary N) is 1. The second-order valence-corrected chi connectivity index (χ2v) is 4.18. The van der Waals surface area contributed by atoms with Crippen LogP contribution in [0.25, 0.3) is 10.9 Å². The molecule has 0 aliphatic rings. The summed E-state index contributed by atoms with van der Waals surface area (Å²) in [6.45, 7) is 0. The molecule has 1 aromatic heterocycles. The lowest BCUT2D eigenvalue weighted by Crippen LogP contribution is -2.06. The van der Waals surface area contributed by atoms with E-state index >= 15 is 0 Å². The third-order valence-electron chi connectivity index (χ3n) is 2.07. The fraction of sp³-hybridized carbons (Fsp3) is 0.100. The van der Waals surface area contributed by atoms with Gasteiger partial charge >= 0.3 is 5.97 Å². The number of hydrogen-bond donors (Lipinski definition) is 2. The molecule has 2 rings (SSSR count). The zero-order chi connectivity index (χ0) is 11.7. The Bertz CT molecular complexity index is 566. The Kier molecular flexibility index (Phi) is 2.74. The molecule has 0 saturated carbocycles. The Balaban J connectivity index is 2.67. The zero-order valence-electron chi connectivity index (χ0n) is 8.14. The molecule has 3 N–H and O–H groups in total. The first-order valence-corrected chi connectivity index (χ1v) is 5.29. The molecule has 5 nitrogen and oxygen atoms in total. The van der Waals surface area contributed by atoms with Crippen molar-refractivity contribution >= 4 is 38.8 Å². The molecular weight excluding hydrogens is 274 g/mol. The fourth-order valence-electron chi connectivity index (χ4n) is 1.47. The molecule has 0 bridgehead atoms. The minimum Gasteiger partial charge on any atom is -0.481 e. The number of hydrogen-bond acceptors (Lipinski definition) is 4. The predicted molar refractivity (Wildman–Crippen MR) is 63.0 cm³/mol. The normalized spacial score (nSPS) is 10.6. The van der Waals surface area contributed by atoms with Gasteiger partial charge in [-0.1, -0.05) is 15.9 Å². The Morgan fingerprint density at radius 3 is 2.88 bits per heavy atom. The topological polar surface area (TPSA) is 89.1 Å². The molecule has 16 heavy (non-hydrogen) atoms. The van der Waals surface area contributed by atoms with E-state index in [-0.39, 0.29) is 12.4 Å². The molecule has 1 aromatic carbocycles. The van der Waals surface area contributed by atoms with Crippen molar-refractivity contribution in [3.63, 3.8) is 0 Å². The van der Waals surface area contributed by atoms with E-state index in [2.05, 4.69) is 25.9 Å². The van der Waals surface area contributed by atoms with E-state index in [9.17, 15) is 4.79 Å². The van der Waals surface area contributed by atoms with Crippen LogP contribution < -0.4 is 5.73 Å². The third kappa shape index (κ3) is 2.11. The molecule has 0 spiro atoms. The molecule has 82 valence electrons. The highest BCUT2D eigenvalue weighted by Crippen LogP contribution is 2.21. The summed E-state index contributed by atoms with van der Waals surface area (Å²) >= 11 is 3.31. The number of carboxylic acid groups (broad SMARTS) is 1. The minimum absolute atomic E-state index is 0.0850. The van der Waals surface area contributed by atoms with Gasteiger partial charge in [0.15, 0.2) is 0 Å². The van der Waals surface area contributed by atoms with Crippen molar-refractivity contribution in [3.05, 3.63) is 28.4 Å². The third-order valence-corrected chi connectivity index (χ3v) is 2.57. The summed E-state index contributed by atoms with van der Waals surface area (Å²) in [7, 11) is 0. The van der Waals surface area contributed by atoms with E-state index in [0.29, 0.717) is 16.6 Å². The lowest BCUT2D eigenvalue weighted by atomic mass is 10.1. The van der Waals surface area contributed by atoms with E-state index in [0.717, 1.165) is 4.47 Å². The summed E-state index contributed by atoms with van der Waals surface area (Å²) in [6.07, 6.45) is -0.162. The maximum absolute atomic E-state index is 10.7. The number of nitrogens with zero attached hydrogens (tertiary/aromatic N) is 2. The molecule has 0 saturated heterocycles. The highest BCUT2D eigenvalue weighted by molar-refractivity contribution is 9.10. The van der Waals surface area contributed by atoms with E-state index in [4.69, 9.17) is 10.8 Å². The van der Waals surface area contributed by atoms with Crippen LogP contribution in [0.3, 0.4) is 0 Å². The van der Waals surface area contributed by atoms with Gasteiger partial charge in [-0.2, -0.15) is 0 Å². The Hall–Kier alpha value is -1.69. The summed E-state index contributed by atoms with van der Waals surface area (Å²) in [4.78, 5) is 18.7. The quantitative estimate of drug-likeness (QED) is 0.873. The number of aromatic nitrogens is 2. The van der Waals surface area contributed by atoms with Crippen molar-refractivity contribution < 1.29 is 9.90 Å². The van der Waals surface area contributed by atoms with Gasteiger partial charge in [0.05, 0.1) is 17.6 Å². The maximum Gasteiger partial charge on any atom is 0.309 e. The van der Waals surface area contributed by atoms with Gasteiger partial charge in [-0.05, 0) is 18.2 Å². The first-order valence-electron chi connectivity index (χ1n) is 4.49. The summed E-state index contributed by atoms with van der Waals surface area (Å²) in [5.74, 6) is -0.857.